The van der Waals surface area contributed by atoms with Gasteiger partial charge in [-0.15, -0.1) is 0 Å². The van der Waals surface area contributed by atoms with Crippen molar-refractivity contribution >= 4 is 10.8 Å². The summed E-state index contributed by atoms with van der Waals surface area (Å²) in [5, 5.41) is 0.871. The molecule has 0 unspecified atom stereocenters. The molecular formula is C22H20F2O. The van der Waals surface area contributed by atoms with E-state index in [1.54, 1.807) is 12.1 Å². The summed E-state index contributed by atoms with van der Waals surface area (Å²) in [5.41, 5.74) is 3.09. The van der Waals surface area contributed by atoms with E-state index in [4.69, 9.17) is 4.74 Å². The summed E-state index contributed by atoms with van der Waals surface area (Å²) in [4.78, 5) is 0. The quantitative estimate of drug-likeness (QED) is 0.496. The van der Waals surface area contributed by atoms with E-state index < -0.39 is 11.6 Å². The molecule has 1 nitrogen and oxygen atoms in total. The van der Waals surface area contributed by atoms with Crippen molar-refractivity contribution in [3.63, 3.8) is 0 Å². The Labute approximate surface area is 146 Å². The van der Waals surface area contributed by atoms with Gasteiger partial charge in [-0.1, -0.05) is 48.6 Å². The molecule has 0 radical (unpaired) electrons. The Morgan fingerprint density at radius 1 is 0.920 bits per heavy atom. The predicted molar refractivity (Wildman–Crippen MR) is 99.0 cm³/mol. The van der Waals surface area contributed by atoms with Gasteiger partial charge in [-0.2, -0.15) is 4.39 Å². The Hall–Kier alpha value is -2.68. The molecule has 0 saturated carbocycles. The summed E-state index contributed by atoms with van der Waals surface area (Å²) < 4.78 is 33.2. The minimum atomic E-state index is -0.952. The lowest BCUT2D eigenvalue weighted by Gasteiger charge is -2.09. The Balaban J connectivity index is 1.95. The van der Waals surface area contributed by atoms with Gasteiger partial charge in [0.15, 0.2) is 11.6 Å². The molecular weight excluding hydrogens is 318 g/mol. The van der Waals surface area contributed by atoms with Crippen LogP contribution in [0.2, 0.25) is 0 Å². The summed E-state index contributed by atoms with van der Waals surface area (Å²) in [6.07, 6.45) is 6.19. The van der Waals surface area contributed by atoms with Crippen molar-refractivity contribution in [1.82, 2.24) is 0 Å². The first-order chi connectivity index (χ1) is 12.1. The third kappa shape index (κ3) is 3.55. The van der Waals surface area contributed by atoms with E-state index in [1.165, 1.54) is 18.7 Å². The molecule has 0 atom stereocenters. The standard InChI is InChI=1S/C22H20F2O/c1-3-4-5-6-15-7-9-16(10-8-15)17-11-12-18-14-20(25-2)22(24)21(23)19(18)13-17/h3-4,7-14H,5-6H2,1-2H3/b4-3+. The molecule has 3 aromatic carbocycles. The van der Waals surface area contributed by atoms with E-state index >= 15 is 0 Å². The number of fused-ring (bicyclic) bond motifs is 1. The molecule has 0 heterocycles. The number of aryl methyl sites for hydroxylation is 1. The molecule has 0 aliphatic rings. The van der Waals surface area contributed by atoms with Gasteiger partial charge in [0.2, 0.25) is 5.82 Å². The Bertz CT molecular complexity index is 911. The molecule has 0 spiro atoms. The van der Waals surface area contributed by atoms with Gasteiger partial charge in [0.05, 0.1) is 7.11 Å². The number of benzene rings is 3. The zero-order chi connectivity index (χ0) is 17.8. The lowest BCUT2D eigenvalue weighted by molar-refractivity contribution is 0.374. The molecule has 0 aliphatic heterocycles. The third-order valence-electron chi connectivity index (χ3n) is 4.33. The monoisotopic (exact) mass is 338 g/mol. The van der Waals surface area contributed by atoms with Crippen LogP contribution in [-0.2, 0) is 6.42 Å². The highest BCUT2D eigenvalue weighted by atomic mass is 19.2. The average molecular weight is 338 g/mol. The zero-order valence-corrected chi connectivity index (χ0v) is 14.4. The minimum Gasteiger partial charge on any atom is -0.494 e. The van der Waals surface area contributed by atoms with Gasteiger partial charge < -0.3 is 4.74 Å². The second-order valence-electron chi connectivity index (χ2n) is 5.95. The largest absolute Gasteiger partial charge is 0.494 e. The second-order valence-corrected chi connectivity index (χ2v) is 5.95. The van der Waals surface area contributed by atoms with Gasteiger partial charge in [0.25, 0.3) is 0 Å². The summed E-state index contributed by atoms with van der Waals surface area (Å²) in [5.74, 6) is -1.91. The van der Waals surface area contributed by atoms with Crippen LogP contribution in [0.5, 0.6) is 5.75 Å². The lowest BCUT2D eigenvalue weighted by Crippen LogP contribution is -1.94. The normalized spacial score (nSPS) is 11.4. The van der Waals surface area contributed by atoms with Crippen LogP contribution in [0.3, 0.4) is 0 Å². The van der Waals surface area contributed by atoms with Gasteiger partial charge in [-0.3, -0.25) is 0 Å². The van der Waals surface area contributed by atoms with Gasteiger partial charge in [-0.05, 0) is 54.0 Å². The van der Waals surface area contributed by atoms with Crippen molar-refractivity contribution in [3.8, 4) is 16.9 Å². The van der Waals surface area contributed by atoms with Crippen molar-refractivity contribution in [1.29, 1.82) is 0 Å². The number of methoxy groups -OCH3 is 1. The second kappa shape index (κ2) is 7.47. The Morgan fingerprint density at radius 2 is 1.64 bits per heavy atom. The Morgan fingerprint density at radius 3 is 2.32 bits per heavy atom. The molecule has 3 aromatic rings. The van der Waals surface area contributed by atoms with E-state index in [2.05, 4.69) is 18.2 Å². The highest BCUT2D eigenvalue weighted by Crippen LogP contribution is 2.32. The van der Waals surface area contributed by atoms with Crippen molar-refractivity contribution in [2.24, 2.45) is 0 Å². The van der Waals surface area contributed by atoms with Gasteiger partial charge in [-0.25, -0.2) is 4.39 Å². The van der Waals surface area contributed by atoms with Crippen LogP contribution < -0.4 is 4.74 Å². The van der Waals surface area contributed by atoms with Crippen LogP contribution >= 0.6 is 0 Å². The van der Waals surface area contributed by atoms with Crippen molar-refractivity contribution in [2.45, 2.75) is 19.8 Å². The van der Waals surface area contributed by atoms with E-state index in [0.29, 0.717) is 5.39 Å². The molecule has 0 bridgehead atoms. The minimum absolute atomic E-state index is 0.0803. The fraction of sp³-hybridized carbons (Fsp3) is 0.182. The number of rotatable bonds is 5. The lowest BCUT2D eigenvalue weighted by atomic mass is 9.99. The maximum absolute atomic E-state index is 14.3. The maximum atomic E-state index is 14.3. The highest BCUT2D eigenvalue weighted by molar-refractivity contribution is 5.89. The number of ether oxygens (including phenoxy) is 1. The first kappa shape index (κ1) is 17.2. The summed E-state index contributed by atoms with van der Waals surface area (Å²) in [6, 6.07) is 15.1. The fourth-order valence-corrected chi connectivity index (χ4v) is 2.91. The molecule has 0 amide bonds. The van der Waals surface area contributed by atoms with Crippen LogP contribution in [-0.4, -0.2) is 7.11 Å². The van der Waals surface area contributed by atoms with Crippen molar-refractivity contribution < 1.29 is 13.5 Å². The summed E-state index contributed by atoms with van der Waals surface area (Å²) in [6.45, 7) is 2.01. The van der Waals surface area contributed by atoms with Gasteiger partial charge in [0.1, 0.15) is 0 Å². The van der Waals surface area contributed by atoms with E-state index in [1.807, 2.05) is 31.2 Å². The molecule has 3 heteroatoms. The van der Waals surface area contributed by atoms with Crippen LogP contribution in [0.25, 0.3) is 21.9 Å². The average Bonchev–Trinajstić information content (AvgIpc) is 2.65. The SMILES string of the molecule is C/C=C/CCc1ccc(-c2ccc3cc(OC)c(F)c(F)c3c2)cc1. The van der Waals surface area contributed by atoms with Crippen LogP contribution in [0.4, 0.5) is 8.78 Å². The summed E-state index contributed by atoms with van der Waals surface area (Å²) in [7, 11) is 1.33. The molecule has 128 valence electrons. The van der Waals surface area contributed by atoms with Crippen LogP contribution in [0.15, 0.2) is 60.7 Å². The zero-order valence-electron chi connectivity index (χ0n) is 14.4. The molecule has 0 N–H and O–H groups in total. The Kier molecular flexibility index (Phi) is 5.13. The van der Waals surface area contributed by atoms with Crippen molar-refractivity contribution in [3.05, 3.63) is 77.9 Å². The van der Waals surface area contributed by atoms with E-state index in [-0.39, 0.29) is 11.1 Å². The van der Waals surface area contributed by atoms with E-state index in [0.717, 1.165) is 24.0 Å². The van der Waals surface area contributed by atoms with E-state index in [9.17, 15) is 8.78 Å². The number of halogens is 2. The first-order valence-electron chi connectivity index (χ1n) is 8.30. The number of allylic oxidation sites excluding steroid dienone is 2. The van der Waals surface area contributed by atoms with Gasteiger partial charge >= 0.3 is 0 Å². The molecule has 0 fully saturated rings. The maximum Gasteiger partial charge on any atom is 0.201 e. The number of hydrogen-bond donors (Lipinski definition) is 0. The first-order valence-corrected chi connectivity index (χ1v) is 8.30. The van der Waals surface area contributed by atoms with Gasteiger partial charge in [0, 0.05) is 5.39 Å². The molecule has 25 heavy (non-hydrogen) atoms. The third-order valence-corrected chi connectivity index (χ3v) is 4.33. The van der Waals surface area contributed by atoms with Crippen LogP contribution in [0.1, 0.15) is 18.9 Å². The fourth-order valence-electron chi connectivity index (χ4n) is 2.91. The predicted octanol–water partition coefficient (Wildman–Crippen LogP) is 6.30. The van der Waals surface area contributed by atoms with Crippen molar-refractivity contribution in [2.75, 3.05) is 7.11 Å². The number of hydrogen-bond acceptors (Lipinski definition) is 1. The molecule has 3 rings (SSSR count). The smallest absolute Gasteiger partial charge is 0.201 e. The molecule has 0 aromatic heterocycles. The highest BCUT2D eigenvalue weighted by Gasteiger charge is 2.14. The van der Waals surface area contributed by atoms with Crippen LogP contribution in [0, 0.1) is 11.6 Å². The summed E-state index contributed by atoms with van der Waals surface area (Å²) >= 11 is 0. The molecule has 0 aliphatic carbocycles. The molecule has 0 saturated heterocycles. The topological polar surface area (TPSA) is 9.23 Å².